The zero-order valence-electron chi connectivity index (χ0n) is 16.5. The summed E-state index contributed by atoms with van der Waals surface area (Å²) in [6.45, 7) is 8.30. The Labute approximate surface area is 185 Å². The van der Waals surface area contributed by atoms with Crippen LogP contribution in [0.2, 0.25) is 0 Å². The predicted octanol–water partition coefficient (Wildman–Crippen LogP) is 2.87. The zero-order valence-corrected chi connectivity index (χ0v) is 19.7. The van der Waals surface area contributed by atoms with Gasteiger partial charge in [0.15, 0.2) is 5.96 Å². The van der Waals surface area contributed by atoms with Gasteiger partial charge in [0, 0.05) is 13.1 Å². The van der Waals surface area contributed by atoms with Crippen LogP contribution < -0.4 is 15.8 Å². The van der Waals surface area contributed by atoms with Crippen molar-refractivity contribution in [3.05, 3.63) is 64.7 Å². The molecule has 154 valence electrons. The largest absolute Gasteiger partial charge is 0.357 e. The van der Waals surface area contributed by atoms with Crippen molar-refractivity contribution in [2.45, 2.75) is 38.6 Å². The van der Waals surface area contributed by atoms with Gasteiger partial charge in [0.1, 0.15) is 0 Å². The predicted molar refractivity (Wildman–Crippen MR) is 126 cm³/mol. The van der Waals surface area contributed by atoms with E-state index >= 15 is 0 Å². The number of hydrogen-bond donors (Lipinski definition) is 3. The average molecular weight is 516 g/mol. The minimum absolute atomic E-state index is 0. The number of guanidine groups is 1. The number of nitrogens with zero attached hydrogens (tertiary/aromatic N) is 1. The van der Waals surface area contributed by atoms with Crippen LogP contribution in [0.25, 0.3) is 0 Å². The molecule has 0 fully saturated rings. The molecule has 4 N–H and O–H groups in total. The third kappa shape index (κ3) is 7.76. The summed E-state index contributed by atoms with van der Waals surface area (Å²) in [6, 6.07) is 13.0. The first kappa shape index (κ1) is 24.4. The van der Waals surface area contributed by atoms with E-state index in [0.717, 1.165) is 24.5 Å². The summed E-state index contributed by atoms with van der Waals surface area (Å²) < 4.78 is 22.6. The van der Waals surface area contributed by atoms with E-state index in [0.29, 0.717) is 13.1 Å². The lowest BCUT2D eigenvalue weighted by Crippen LogP contribution is -2.38. The van der Waals surface area contributed by atoms with E-state index in [2.05, 4.69) is 47.7 Å². The number of hydrogen-bond acceptors (Lipinski definition) is 3. The van der Waals surface area contributed by atoms with Crippen LogP contribution in [-0.2, 0) is 23.0 Å². The van der Waals surface area contributed by atoms with Gasteiger partial charge in [-0.3, -0.25) is 0 Å². The van der Waals surface area contributed by atoms with Crippen LogP contribution in [-0.4, -0.2) is 27.5 Å². The molecule has 0 saturated heterocycles. The minimum atomic E-state index is -3.65. The number of halogens is 1. The maximum absolute atomic E-state index is 11.3. The van der Waals surface area contributed by atoms with E-state index in [1.54, 1.807) is 12.1 Å². The fraction of sp³-hybridized carbons (Fsp3) is 0.350. The number of aliphatic imine (C=N–C) groups is 1. The molecule has 0 radical (unpaired) electrons. The second kappa shape index (κ2) is 11.4. The molecule has 0 aliphatic heterocycles. The van der Waals surface area contributed by atoms with Gasteiger partial charge < -0.3 is 10.6 Å². The van der Waals surface area contributed by atoms with Crippen LogP contribution in [0.5, 0.6) is 0 Å². The highest BCUT2D eigenvalue weighted by Crippen LogP contribution is 2.11. The van der Waals surface area contributed by atoms with E-state index in [-0.39, 0.29) is 28.9 Å². The number of benzene rings is 2. The number of nitrogens with one attached hydrogen (secondary N) is 2. The lowest BCUT2D eigenvalue weighted by Gasteiger charge is -2.12. The molecule has 28 heavy (non-hydrogen) atoms. The summed E-state index contributed by atoms with van der Waals surface area (Å²) in [5.41, 5.74) is 4.72. The quantitative estimate of drug-likeness (QED) is 0.300. The Kier molecular flexibility index (Phi) is 9.91. The maximum atomic E-state index is 11.3. The molecule has 2 aromatic rings. The number of aryl methyl sites for hydroxylation is 2. The molecule has 0 bridgehead atoms. The lowest BCUT2D eigenvalue weighted by molar-refractivity contribution is 0.598. The van der Waals surface area contributed by atoms with E-state index < -0.39 is 10.0 Å². The van der Waals surface area contributed by atoms with Crippen LogP contribution in [0.3, 0.4) is 0 Å². The Bertz CT molecular complexity index is 897. The molecule has 2 rings (SSSR count). The van der Waals surface area contributed by atoms with E-state index in [9.17, 15) is 8.42 Å². The SMILES string of the molecule is CCNC(=NCc1ccc(C)cc1C)NCCc1ccc(S(N)(=O)=O)cc1.I. The van der Waals surface area contributed by atoms with Gasteiger partial charge in [0.25, 0.3) is 0 Å². The van der Waals surface area contributed by atoms with Crippen molar-refractivity contribution in [2.24, 2.45) is 10.1 Å². The molecule has 0 unspecified atom stereocenters. The molecule has 0 aromatic heterocycles. The molecule has 6 nitrogen and oxygen atoms in total. The van der Waals surface area contributed by atoms with Crippen molar-refractivity contribution in [3.63, 3.8) is 0 Å². The monoisotopic (exact) mass is 516 g/mol. The normalized spacial score (nSPS) is 11.6. The highest BCUT2D eigenvalue weighted by Gasteiger charge is 2.06. The first-order chi connectivity index (χ1) is 12.8. The third-order valence-corrected chi connectivity index (χ3v) is 5.14. The highest BCUT2D eigenvalue weighted by atomic mass is 127. The number of nitrogens with two attached hydrogens (primary N) is 1. The Morgan fingerprint density at radius 3 is 2.32 bits per heavy atom. The molecular formula is C20H29IN4O2S. The number of primary sulfonamides is 1. The fourth-order valence-corrected chi connectivity index (χ4v) is 3.22. The molecule has 0 heterocycles. The van der Waals surface area contributed by atoms with Crippen molar-refractivity contribution >= 4 is 40.0 Å². The van der Waals surface area contributed by atoms with Gasteiger partial charge in [0.2, 0.25) is 10.0 Å². The molecule has 0 atom stereocenters. The van der Waals surface area contributed by atoms with Crippen molar-refractivity contribution in [3.8, 4) is 0 Å². The van der Waals surface area contributed by atoms with Crippen LogP contribution in [0, 0.1) is 13.8 Å². The molecular weight excluding hydrogens is 487 g/mol. The zero-order chi connectivity index (χ0) is 19.9. The summed E-state index contributed by atoms with van der Waals surface area (Å²) in [7, 11) is -3.65. The van der Waals surface area contributed by atoms with E-state index in [4.69, 9.17) is 5.14 Å². The standard InChI is InChI=1S/C20H28N4O2S.HI/c1-4-22-20(24-14-18-8-5-15(2)13-16(18)3)23-12-11-17-6-9-19(10-7-17)27(21,25)26;/h5-10,13H,4,11-12,14H2,1-3H3,(H2,21,25,26)(H2,22,23,24);1H. The van der Waals surface area contributed by atoms with Crippen LogP contribution in [0.15, 0.2) is 52.4 Å². The molecule has 0 saturated carbocycles. The van der Waals surface area contributed by atoms with Crippen molar-refractivity contribution in [1.82, 2.24) is 10.6 Å². The Balaban J connectivity index is 0.00000392. The van der Waals surface area contributed by atoms with Gasteiger partial charge >= 0.3 is 0 Å². The number of rotatable bonds is 7. The molecule has 0 spiro atoms. The summed E-state index contributed by atoms with van der Waals surface area (Å²) in [5.74, 6) is 0.763. The Morgan fingerprint density at radius 1 is 1.07 bits per heavy atom. The number of sulfonamides is 1. The highest BCUT2D eigenvalue weighted by molar-refractivity contribution is 14.0. The summed E-state index contributed by atoms with van der Waals surface area (Å²) in [5, 5.41) is 11.7. The van der Waals surface area contributed by atoms with E-state index in [1.165, 1.54) is 28.8 Å². The molecule has 0 aliphatic rings. The van der Waals surface area contributed by atoms with Gasteiger partial charge in [-0.1, -0.05) is 35.9 Å². The first-order valence-corrected chi connectivity index (χ1v) is 10.5. The fourth-order valence-electron chi connectivity index (χ4n) is 2.70. The molecule has 8 heteroatoms. The van der Waals surface area contributed by atoms with Gasteiger partial charge in [-0.2, -0.15) is 0 Å². The molecule has 2 aromatic carbocycles. The van der Waals surface area contributed by atoms with E-state index in [1.807, 2.05) is 6.92 Å². The first-order valence-electron chi connectivity index (χ1n) is 8.99. The van der Waals surface area contributed by atoms with Gasteiger partial charge in [-0.05, 0) is 56.0 Å². The van der Waals surface area contributed by atoms with Crippen molar-refractivity contribution < 1.29 is 8.42 Å². The van der Waals surface area contributed by atoms with Gasteiger partial charge in [-0.25, -0.2) is 18.5 Å². The van der Waals surface area contributed by atoms with Crippen LogP contribution in [0.1, 0.15) is 29.2 Å². The van der Waals surface area contributed by atoms with Gasteiger partial charge in [-0.15, -0.1) is 24.0 Å². The summed E-state index contributed by atoms with van der Waals surface area (Å²) in [6.07, 6.45) is 0.749. The van der Waals surface area contributed by atoms with Crippen molar-refractivity contribution in [1.29, 1.82) is 0 Å². The van der Waals surface area contributed by atoms with Crippen molar-refractivity contribution in [2.75, 3.05) is 13.1 Å². The Hall–Kier alpha value is -1.65. The lowest BCUT2D eigenvalue weighted by atomic mass is 10.1. The smallest absolute Gasteiger partial charge is 0.238 e. The maximum Gasteiger partial charge on any atom is 0.238 e. The minimum Gasteiger partial charge on any atom is -0.357 e. The van der Waals surface area contributed by atoms with Gasteiger partial charge in [0.05, 0.1) is 11.4 Å². The molecule has 0 aliphatic carbocycles. The summed E-state index contributed by atoms with van der Waals surface area (Å²) >= 11 is 0. The van der Waals surface area contributed by atoms with Crippen LogP contribution in [0.4, 0.5) is 0 Å². The molecule has 0 amide bonds. The second-order valence-electron chi connectivity index (χ2n) is 6.49. The topological polar surface area (TPSA) is 96.6 Å². The third-order valence-electron chi connectivity index (χ3n) is 4.21. The Morgan fingerprint density at radius 2 is 1.75 bits per heavy atom. The average Bonchev–Trinajstić information content (AvgIpc) is 2.60. The second-order valence-corrected chi connectivity index (χ2v) is 8.05. The summed E-state index contributed by atoms with van der Waals surface area (Å²) in [4.78, 5) is 4.78. The van der Waals surface area contributed by atoms with Crippen LogP contribution >= 0.6 is 24.0 Å².